The van der Waals surface area contributed by atoms with Crippen molar-refractivity contribution < 1.29 is 29.4 Å². The van der Waals surface area contributed by atoms with E-state index in [1.54, 1.807) is 30.3 Å². The second-order valence-electron chi connectivity index (χ2n) is 7.97. The maximum Gasteiger partial charge on any atom is 0.326 e. The van der Waals surface area contributed by atoms with E-state index in [1.165, 1.54) is 6.92 Å². The van der Waals surface area contributed by atoms with Crippen molar-refractivity contribution in [3.8, 4) is 0 Å². The van der Waals surface area contributed by atoms with E-state index < -0.39 is 54.0 Å². The van der Waals surface area contributed by atoms with Gasteiger partial charge in [0.25, 0.3) is 0 Å². The van der Waals surface area contributed by atoms with Crippen LogP contribution in [0.4, 0.5) is 0 Å². The van der Waals surface area contributed by atoms with Crippen molar-refractivity contribution in [2.75, 3.05) is 5.75 Å². The Morgan fingerprint density at radius 1 is 0.970 bits per heavy atom. The van der Waals surface area contributed by atoms with Crippen LogP contribution in [0.25, 0.3) is 0 Å². The maximum absolute atomic E-state index is 12.7. The second-order valence-corrected chi connectivity index (χ2v) is 8.34. The molecular weight excluding hydrogens is 448 g/mol. The molecule has 0 bridgehead atoms. The predicted molar refractivity (Wildman–Crippen MR) is 127 cm³/mol. The molecule has 1 aromatic carbocycles. The van der Waals surface area contributed by atoms with Crippen LogP contribution in [0.1, 0.15) is 32.8 Å². The van der Waals surface area contributed by atoms with Crippen LogP contribution in [0.15, 0.2) is 30.3 Å². The number of hydrogen-bond donors (Lipinski definition) is 7. The van der Waals surface area contributed by atoms with Gasteiger partial charge in [0.05, 0.1) is 12.1 Å². The number of benzene rings is 1. The number of hydrogen-bond acceptors (Lipinski definition) is 7. The van der Waals surface area contributed by atoms with Crippen LogP contribution in [0.3, 0.4) is 0 Å². The van der Waals surface area contributed by atoms with Gasteiger partial charge in [-0.3, -0.25) is 14.4 Å². The number of aliphatic hydroxyl groups is 1. The first-order chi connectivity index (χ1) is 15.5. The van der Waals surface area contributed by atoms with Gasteiger partial charge in [0.15, 0.2) is 0 Å². The van der Waals surface area contributed by atoms with E-state index >= 15 is 0 Å². The van der Waals surface area contributed by atoms with Crippen LogP contribution >= 0.6 is 12.6 Å². The summed E-state index contributed by atoms with van der Waals surface area (Å²) in [6, 6.07) is 4.07. The van der Waals surface area contributed by atoms with E-state index in [0.29, 0.717) is 12.0 Å². The van der Waals surface area contributed by atoms with E-state index in [0.717, 1.165) is 0 Å². The zero-order valence-electron chi connectivity index (χ0n) is 19.0. The number of thiol groups is 1. The molecule has 33 heavy (non-hydrogen) atoms. The number of carbonyl (C=O) groups is 4. The standard InChI is InChI=1S/C22H34N4O6S/c1-4-12(2)17(23)20(29)25-16(11-33)19(28)26-18(13(3)27)21(30)24-15(22(31)32)10-14-8-6-5-7-9-14/h5-9,12-13,15-18,27,33H,4,10-11,23H2,1-3H3,(H,24,30)(H,25,29)(H,26,28)(H,31,32). The molecule has 10 nitrogen and oxygen atoms in total. The van der Waals surface area contributed by atoms with E-state index in [1.807, 2.05) is 13.8 Å². The zero-order chi connectivity index (χ0) is 25.1. The van der Waals surface area contributed by atoms with Gasteiger partial charge in [-0.15, -0.1) is 0 Å². The lowest BCUT2D eigenvalue weighted by Gasteiger charge is -2.26. The third-order valence-electron chi connectivity index (χ3n) is 5.34. The Kier molecular flexibility index (Phi) is 11.9. The fourth-order valence-electron chi connectivity index (χ4n) is 2.94. The van der Waals surface area contributed by atoms with E-state index in [4.69, 9.17) is 5.73 Å². The summed E-state index contributed by atoms with van der Waals surface area (Å²) < 4.78 is 0. The summed E-state index contributed by atoms with van der Waals surface area (Å²) in [5, 5.41) is 26.8. The molecule has 1 rings (SSSR count). The zero-order valence-corrected chi connectivity index (χ0v) is 19.9. The van der Waals surface area contributed by atoms with Crippen LogP contribution in [0.2, 0.25) is 0 Å². The first-order valence-corrected chi connectivity index (χ1v) is 11.4. The molecule has 1 aromatic rings. The van der Waals surface area contributed by atoms with Gasteiger partial charge in [0.1, 0.15) is 18.1 Å². The van der Waals surface area contributed by atoms with Crippen LogP contribution in [0.5, 0.6) is 0 Å². The largest absolute Gasteiger partial charge is 0.480 e. The number of rotatable bonds is 13. The molecule has 6 atom stereocenters. The lowest BCUT2D eigenvalue weighted by atomic mass is 9.99. The third-order valence-corrected chi connectivity index (χ3v) is 5.70. The van der Waals surface area contributed by atoms with Gasteiger partial charge in [-0.25, -0.2) is 4.79 Å². The fourth-order valence-corrected chi connectivity index (χ4v) is 3.20. The summed E-state index contributed by atoms with van der Waals surface area (Å²) in [5.74, 6) is -3.62. The van der Waals surface area contributed by atoms with E-state index in [2.05, 4.69) is 28.6 Å². The number of aliphatic carboxylic acids is 1. The first kappa shape index (κ1) is 28.4. The van der Waals surface area contributed by atoms with Gasteiger partial charge in [0, 0.05) is 12.2 Å². The molecular formula is C22H34N4O6S. The van der Waals surface area contributed by atoms with E-state index in [9.17, 15) is 29.4 Å². The normalized spacial score (nSPS) is 16.4. The highest BCUT2D eigenvalue weighted by Crippen LogP contribution is 2.07. The summed E-state index contributed by atoms with van der Waals surface area (Å²) in [6.45, 7) is 4.97. The molecule has 11 heteroatoms. The molecule has 0 radical (unpaired) electrons. The molecule has 0 spiro atoms. The number of carboxylic acid groups (broad SMARTS) is 1. The third kappa shape index (κ3) is 9.03. The van der Waals surface area contributed by atoms with Gasteiger partial charge in [0.2, 0.25) is 17.7 Å². The number of carboxylic acids is 1. The number of nitrogens with one attached hydrogen (secondary N) is 3. The average Bonchev–Trinajstić information content (AvgIpc) is 2.79. The van der Waals surface area contributed by atoms with Gasteiger partial charge in [-0.05, 0) is 18.4 Å². The highest BCUT2D eigenvalue weighted by atomic mass is 32.1. The van der Waals surface area contributed by atoms with Gasteiger partial charge in [-0.1, -0.05) is 50.6 Å². The molecule has 0 aliphatic carbocycles. The monoisotopic (exact) mass is 482 g/mol. The Hall–Kier alpha value is -2.63. The molecule has 7 N–H and O–H groups in total. The molecule has 3 amide bonds. The SMILES string of the molecule is CCC(C)C(N)C(=O)NC(CS)C(=O)NC(C(=O)NC(Cc1ccccc1)C(=O)O)C(C)O. The minimum absolute atomic E-state index is 0.0191. The van der Waals surface area contributed by atoms with Gasteiger partial charge < -0.3 is 31.9 Å². The van der Waals surface area contributed by atoms with Gasteiger partial charge >= 0.3 is 5.97 Å². The number of amides is 3. The molecule has 0 aliphatic heterocycles. The number of aliphatic hydroxyl groups excluding tert-OH is 1. The summed E-state index contributed by atoms with van der Waals surface area (Å²) in [5.41, 5.74) is 6.58. The minimum Gasteiger partial charge on any atom is -0.480 e. The average molecular weight is 483 g/mol. The topological polar surface area (TPSA) is 171 Å². The minimum atomic E-state index is -1.45. The van der Waals surface area contributed by atoms with Crippen molar-refractivity contribution in [3.63, 3.8) is 0 Å². The van der Waals surface area contributed by atoms with Crippen molar-refractivity contribution in [1.82, 2.24) is 16.0 Å². The summed E-state index contributed by atoms with van der Waals surface area (Å²) in [6.07, 6.45) is -0.644. The molecule has 0 heterocycles. The summed E-state index contributed by atoms with van der Waals surface area (Å²) in [4.78, 5) is 49.4. The van der Waals surface area contributed by atoms with Gasteiger partial charge in [-0.2, -0.15) is 12.6 Å². The van der Waals surface area contributed by atoms with Crippen LogP contribution in [0, 0.1) is 5.92 Å². The van der Waals surface area contributed by atoms with Crippen molar-refractivity contribution in [1.29, 1.82) is 0 Å². The van der Waals surface area contributed by atoms with Crippen LogP contribution < -0.4 is 21.7 Å². The molecule has 0 saturated carbocycles. The number of carbonyl (C=O) groups excluding carboxylic acids is 3. The Bertz CT molecular complexity index is 807. The number of nitrogens with two attached hydrogens (primary N) is 1. The quantitative estimate of drug-likeness (QED) is 0.185. The van der Waals surface area contributed by atoms with E-state index in [-0.39, 0.29) is 18.1 Å². The molecule has 0 fully saturated rings. The predicted octanol–water partition coefficient (Wildman–Crippen LogP) is -0.548. The molecule has 0 aromatic heterocycles. The summed E-state index contributed by atoms with van der Waals surface area (Å²) >= 11 is 4.08. The Morgan fingerprint density at radius 2 is 1.55 bits per heavy atom. The Labute approximate surface area is 199 Å². The van der Waals surface area contributed by atoms with Crippen molar-refractivity contribution in [2.24, 2.45) is 11.7 Å². The smallest absolute Gasteiger partial charge is 0.326 e. The lowest BCUT2D eigenvalue weighted by molar-refractivity contribution is -0.143. The van der Waals surface area contributed by atoms with Crippen molar-refractivity contribution in [2.45, 2.75) is 63.9 Å². The van der Waals surface area contributed by atoms with Crippen molar-refractivity contribution >= 4 is 36.3 Å². The van der Waals surface area contributed by atoms with Crippen molar-refractivity contribution in [3.05, 3.63) is 35.9 Å². The summed E-state index contributed by atoms with van der Waals surface area (Å²) in [7, 11) is 0. The van der Waals surface area contributed by atoms with Crippen LogP contribution in [-0.4, -0.2) is 69.9 Å². The van der Waals surface area contributed by atoms with Crippen LogP contribution in [-0.2, 0) is 25.6 Å². The highest BCUT2D eigenvalue weighted by Gasteiger charge is 2.32. The fraction of sp³-hybridized carbons (Fsp3) is 0.545. The Balaban J connectivity index is 2.86. The molecule has 0 saturated heterocycles. The highest BCUT2D eigenvalue weighted by molar-refractivity contribution is 7.80. The second kappa shape index (κ2) is 13.8. The molecule has 184 valence electrons. The first-order valence-electron chi connectivity index (χ1n) is 10.7. The molecule has 0 aliphatic rings. The maximum atomic E-state index is 12.7. The lowest BCUT2D eigenvalue weighted by Crippen LogP contribution is -2.60. The molecule has 6 unspecified atom stereocenters. The Morgan fingerprint density at radius 3 is 2.03 bits per heavy atom.